The van der Waals surface area contributed by atoms with Gasteiger partial charge in [-0.15, -0.1) is 0 Å². The fraction of sp³-hybridized carbons (Fsp3) is 0.333. The first-order valence-corrected chi connectivity index (χ1v) is 6.76. The van der Waals surface area contributed by atoms with E-state index in [1.54, 1.807) is 43.8 Å². The summed E-state index contributed by atoms with van der Waals surface area (Å²) in [6.45, 7) is 5.16. The lowest BCUT2D eigenvalue weighted by molar-refractivity contribution is -0.385. The molecule has 1 aromatic carbocycles. The Morgan fingerprint density at radius 3 is 2.59 bits per heavy atom. The van der Waals surface area contributed by atoms with Crippen molar-refractivity contribution in [2.75, 3.05) is 0 Å². The van der Waals surface area contributed by atoms with E-state index < -0.39 is 17.0 Å². The van der Waals surface area contributed by atoms with Gasteiger partial charge in [0, 0.05) is 24.4 Å². The Morgan fingerprint density at radius 1 is 1.36 bits per heavy atom. The lowest BCUT2D eigenvalue weighted by atomic mass is 10.1. The Labute approximate surface area is 127 Å². The van der Waals surface area contributed by atoms with Crippen molar-refractivity contribution in [2.24, 2.45) is 7.05 Å². The Hall–Kier alpha value is -2.70. The van der Waals surface area contributed by atoms with Gasteiger partial charge in [-0.1, -0.05) is 12.1 Å². The van der Waals surface area contributed by atoms with Crippen LogP contribution in [0.25, 0.3) is 0 Å². The van der Waals surface area contributed by atoms with Gasteiger partial charge in [0.1, 0.15) is 6.10 Å². The molecule has 1 aromatic heterocycles. The number of esters is 1. The molecule has 0 spiro atoms. The second-order valence-electron chi connectivity index (χ2n) is 5.15. The van der Waals surface area contributed by atoms with Crippen LogP contribution < -0.4 is 0 Å². The zero-order valence-corrected chi connectivity index (χ0v) is 12.9. The van der Waals surface area contributed by atoms with Gasteiger partial charge in [0.25, 0.3) is 5.69 Å². The number of benzene rings is 1. The molecule has 0 aliphatic heterocycles. The monoisotopic (exact) mass is 303 g/mol. The number of ether oxygens (including phenoxy) is 1. The Bertz CT molecular complexity index is 717. The summed E-state index contributed by atoms with van der Waals surface area (Å²) in [5.74, 6) is -0.556. The average Bonchev–Trinajstić information content (AvgIpc) is 2.78. The second-order valence-corrected chi connectivity index (χ2v) is 5.15. The minimum Gasteiger partial charge on any atom is -0.453 e. The van der Waals surface area contributed by atoms with E-state index in [1.807, 2.05) is 6.92 Å². The van der Waals surface area contributed by atoms with Gasteiger partial charge in [-0.25, -0.2) is 4.79 Å². The Kier molecular flexibility index (Phi) is 4.25. The van der Waals surface area contributed by atoms with Crippen molar-refractivity contribution in [3.05, 3.63) is 56.9 Å². The fourth-order valence-electron chi connectivity index (χ4n) is 2.03. The summed E-state index contributed by atoms with van der Waals surface area (Å²) >= 11 is 0. The zero-order chi connectivity index (χ0) is 16.4. The van der Waals surface area contributed by atoms with E-state index in [0.29, 0.717) is 11.1 Å². The van der Waals surface area contributed by atoms with Crippen molar-refractivity contribution >= 4 is 11.7 Å². The molecule has 0 aliphatic carbocycles. The van der Waals surface area contributed by atoms with Crippen LogP contribution in [-0.2, 0) is 11.8 Å². The number of hydrogen-bond acceptors (Lipinski definition) is 5. The number of carbonyl (C=O) groups excluding carboxylic acids is 1. The van der Waals surface area contributed by atoms with Crippen molar-refractivity contribution < 1.29 is 14.5 Å². The van der Waals surface area contributed by atoms with Crippen molar-refractivity contribution in [2.45, 2.75) is 26.9 Å². The molecule has 116 valence electrons. The molecule has 1 heterocycles. The number of carbonyl (C=O) groups is 1. The molecule has 0 N–H and O–H groups in total. The molecule has 1 atom stereocenters. The normalized spacial score (nSPS) is 12.0. The van der Waals surface area contributed by atoms with Crippen molar-refractivity contribution in [1.82, 2.24) is 9.78 Å². The molecule has 0 saturated heterocycles. The van der Waals surface area contributed by atoms with Crippen molar-refractivity contribution in [3.63, 3.8) is 0 Å². The van der Waals surface area contributed by atoms with E-state index in [9.17, 15) is 14.9 Å². The van der Waals surface area contributed by atoms with Gasteiger partial charge in [0.05, 0.1) is 4.92 Å². The smallest absolute Gasteiger partial charge is 0.359 e. The number of hydrogen-bond donors (Lipinski definition) is 0. The van der Waals surface area contributed by atoms with Crippen molar-refractivity contribution in [1.29, 1.82) is 0 Å². The van der Waals surface area contributed by atoms with Crippen LogP contribution in [0, 0.1) is 24.0 Å². The van der Waals surface area contributed by atoms with E-state index in [-0.39, 0.29) is 11.4 Å². The number of nitro groups is 1. The maximum Gasteiger partial charge on any atom is 0.359 e. The molecule has 2 aromatic rings. The quantitative estimate of drug-likeness (QED) is 0.492. The molecule has 0 fully saturated rings. The maximum atomic E-state index is 12.0. The van der Waals surface area contributed by atoms with Crippen LogP contribution in [0.4, 0.5) is 5.69 Å². The summed E-state index contributed by atoms with van der Waals surface area (Å²) in [5, 5.41) is 15.0. The molecule has 0 saturated carbocycles. The summed E-state index contributed by atoms with van der Waals surface area (Å²) < 4.78 is 6.91. The molecule has 0 aliphatic rings. The molecular formula is C15H17N3O4. The average molecular weight is 303 g/mol. The van der Waals surface area contributed by atoms with Crippen LogP contribution in [0.15, 0.2) is 24.3 Å². The maximum absolute atomic E-state index is 12.0. The first-order chi connectivity index (χ1) is 10.3. The Balaban J connectivity index is 2.18. The lowest BCUT2D eigenvalue weighted by Crippen LogP contribution is -2.10. The summed E-state index contributed by atoms with van der Waals surface area (Å²) in [6.07, 6.45) is -0.603. The second kappa shape index (κ2) is 5.97. The highest BCUT2D eigenvalue weighted by molar-refractivity contribution is 5.87. The Morgan fingerprint density at radius 2 is 2.05 bits per heavy atom. The molecule has 7 heteroatoms. The number of nitrogens with zero attached hydrogens (tertiary/aromatic N) is 3. The SMILES string of the molecule is Cc1ccc(C(C)OC(=O)c2cc(C)n(C)n2)cc1[N+](=O)[O-]. The largest absolute Gasteiger partial charge is 0.453 e. The van der Waals surface area contributed by atoms with Crippen molar-refractivity contribution in [3.8, 4) is 0 Å². The van der Waals surface area contributed by atoms with E-state index >= 15 is 0 Å². The van der Waals surface area contributed by atoms with Crippen LogP contribution >= 0.6 is 0 Å². The predicted molar refractivity (Wildman–Crippen MR) is 79.6 cm³/mol. The zero-order valence-electron chi connectivity index (χ0n) is 12.9. The number of aryl methyl sites for hydroxylation is 3. The van der Waals surface area contributed by atoms with Gasteiger partial charge in [0.2, 0.25) is 0 Å². The number of aromatic nitrogens is 2. The molecule has 0 amide bonds. The fourth-order valence-corrected chi connectivity index (χ4v) is 2.03. The molecule has 22 heavy (non-hydrogen) atoms. The highest BCUT2D eigenvalue weighted by Gasteiger charge is 2.19. The first-order valence-electron chi connectivity index (χ1n) is 6.76. The number of nitro benzene ring substituents is 1. The summed E-state index contributed by atoms with van der Waals surface area (Å²) in [4.78, 5) is 22.6. The first kappa shape index (κ1) is 15.7. The highest BCUT2D eigenvalue weighted by Crippen LogP contribution is 2.25. The van der Waals surface area contributed by atoms with Gasteiger partial charge in [0.15, 0.2) is 5.69 Å². The number of rotatable bonds is 4. The third kappa shape index (κ3) is 3.13. The standard InChI is InChI=1S/C15H17N3O4/c1-9-5-6-12(8-14(9)18(20)21)11(3)22-15(19)13-7-10(2)17(4)16-13/h5-8,11H,1-4H3. The van der Waals surface area contributed by atoms with Crippen LogP contribution in [0.3, 0.4) is 0 Å². The van der Waals surface area contributed by atoms with Crippen LogP contribution in [0.2, 0.25) is 0 Å². The minimum atomic E-state index is -0.603. The topological polar surface area (TPSA) is 87.3 Å². The van der Waals surface area contributed by atoms with Gasteiger partial charge in [-0.3, -0.25) is 14.8 Å². The highest BCUT2D eigenvalue weighted by atomic mass is 16.6. The van der Waals surface area contributed by atoms with Gasteiger partial charge in [-0.05, 0) is 32.4 Å². The van der Waals surface area contributed by atoms with E-state index in [1.165, 1.54) is 6.07 Å². The summed E-state index contributed by atoms with van der Waals surface area (Å²) in [6, 6.07) is 6.41. The van der Waals surface area contributed by atoms with Gasteiger partial charge in [-0.2, -0.15) is 5.10 Å². The molecule has 7 nitrogen and oxygen atoms in total. The molecule has 1 unspecified atom stereocenters. The van der Waals surface area contributed by atoms with E-state index in [0.717, 1.165) is 5.69 Å². The third-order valence-corrected chi connectivity index (χ3v) is 3.51. The minimum absolute atomic E-state index is 0.00841. The van der Waals surface area contributed by atoms with Gasteiger partial charge < -0.3 is 4.74 Å². The van der Waals surface area contributed by atoms with Crippen LogP contribution in [0.5, 0.6) is 0 Å². The predicted octanol–water partition coefficient (Wildman–Crippen LogP) is 2.86. The summed E-state index contributed by atoms with van der Waals surface area (Å²) in [7, 11) is 1.73. The van der Waals surface area contributed by atoms with Gasteiger partial charge >= 0.3 is 5.97 Å². The van der Waals surface area contributed by atoms with E-state index in [2.05, 4.69) is 5.10 Å². The van der Waals surface area contributed by atoms with E-state index in [4.69, 9.17) is 4.74 Å². The molecule has 2 rings (SSSR count). The third-order valence-electron chi connectivity index (χ3n) is 3.51. The van der Waals surface area contributed by atoms with Crippen LogP contribution in [-0.4, -0.2) is 20.7 Å². The molecule has 0 bridgehead atoms. The molecular weight excluding hydrogens is 286 g/mol. The lowest BCUT2D eigenvalue weighted by Gasteiger charge is -2.13. The molecule has 0 radical (unpaired) electrons. The van der Waals surface area contributed by atoms with Crippen LogP contribution in [0.1, 0.15) is 40.3 Å². The summed E-state index contributed by atoms with van der Waals surface area (Å²) in [5.41, 5.74) is 2.19.